The number of ether oxygens (including phenoxy) is 1. The number of benzene rings is 1. The van der Waals surface area contributed by atoms with Gasteiger partial charge in [-0.05, 0) is 44.9 Å². The van der Waals surface area contributed by atoms with Gasteiger partial charge < -0.3 is 4.74 Å². The zero-order chi connectivity index (χ0) is 23.7. The number of aromatic nitrogens is 3. The molecule has 33 heavy (non-hydrogen) atoms. The lowest BCUT2D eigenvalue weighted by Crippen LogP contribution is -2.75. The fourth-order valence-electron chi connectivity index (χ4n) is 6.14. The van der Waals surface area contributed by atoms with Gasteiger partial charge >= 0.3 is 12.2 Å². The maximum Gasteiger partial charge on any atom is 0.409 e. The Kier molecular flexibility index (Phi) is 4.68. The van der Waals surface area contributed by atoms with E-state index in [0.717, 1.165) is 11.8 Å². The van der Waals surface area contributed by atoms with Gasteiger partial charge in [-0.25, -0.2) is 18.6 Å². The summed E-state index contributed by atoms with van der Waals surface area (Å²) < 4.78 is 40.1. The van der Waals surface area contributed by atoms with Crippen LogP contribution in [0.25, 0.3) is 11.3 Å². The summed E-state index contributed by atoms with van der Waals surface area (Å²) in [6.45, 7) is 9.79. The number of nitrogens with zero attached hydrogens (tertiary/aromatic N) is 3. The molecule has 2 unspecified atom stereocenters. The van der Waals surface area contributed by atoms with Crippen LogP contribution in [0, 0.1) is 25.5 Å². The van der Waals surface area contributed by atoms with Crippen molar-refractivity contribution in [1.29, 1.82) is 0 Å². The third-order valence-corrected chi connectivity index (χ3v) is 7.74. The summed E-state index contributed by atoms with van der Waals surface area (Å²) in [7, 11) is 0. The number of carbonyl (C=O) groups is 1. The minimum Gasteiger partial charge on any atom is -0.388 e. The van der Waals surface area contributed by atoms with Crippen molar-refractivity contribution >= 4 is 5.97 Å². The van der Waals surface area contributed by atoms with E-state index in [2.05, 4.69) is 4.98 Å². The van der Waals surface area contributed by atoms with E-state index in [0.29, 0.717) is 41.1 Å². The molecule has 4 heterocycles. The predicted molar refractivity (Wildman–Crippen MR) is 116 cm³/mol. The fraction of sp³-hybridized carbons (Fsp3) is 0.385. The molecule has 2 aliphatic heterocycles. The zero-order valence-electron chi connectivity index (χ0n) is 19.4. The van der Waals surface area contributed by atoms with Crippen LogP contribution in [-0.2, 0) is 15.7 Å². The van der Waals surface area contributed by atoms with E-state index < -0.39 is 34.8 Å². The largest absolute Gasteiger partial charge is 0.409 e. The van der Waals surface area contributed by atoms with E-state index in [1.807, 2.05) is 62.2 Å². The predicted octanol–water partition coefficient (Wildman–Crippen LogP) is 4.37. The van der Waals surface area contributed by atoms with Crippen LogP contribution in [-0.4, -0.2) is 11.0 Å². The van der Waals surface area contributed by atoms with Crippen molar-refractivity contribution in [1.82, 2.24) is 4.98 Å². The number of cyclic esters (lactones) is 1. The Morgan fingerprint density at radius 1 is 1.15 bits per heavy atom. The number of halogens is 2. The Morgan fingerprint density at radius 2 is 1.91 bits per heavy atom. The molecule has 0 saturated carbocycles. The molecule has 5 nitrogen and oxygen atoms in total. The normalized spacial score (nSPS) is 25.3. The fourth-order valence-corrected chi connectivity index (χ4v) is 6.14. The summed E-state index contributed by atoms with van der Waals surface area (Å²) in [5.41, 5.74) is 1.73. The number of carbonyl (C=O) groups excluding carboxylic acids is 1. The molecule has 5 rings (SSSR count). The van der Waals surface area contributed by atoms with Crippen molar-refractivity contribution in [3.8, 4) is 11.3 Å². The zero-order valence-corrected chi connectivity index (χ0v) is 19.4. The number of hydrogen-bond acceptors (Lipinski definition) is 3. The summed E-state index contributed by atoms with van der Waals surface area (Å²) in [5.74, 6) is -1.65. The second kappa shape index (κ2) is 7.14. The average Bonchev–Trinajstić information content (AvgIpc) is 3.11. The number of esters is 1. The highest BCUT2D eigenvalue weighted by atomic mass is 19.1. The standard InChI is InChI=1S/C26H27F2N3O2/c1-6-25(5)18-12-17(27)13-19(28)21(18)22-16(4)29-15(3)14-31(22)26(25,7-2)24-30-11-9-8-10-20(30)23(32)33-24/h8-14,24H,6-7H2,1-5H3/q+2/t24?,25?,26-/m0/s1. The molecule has 0 aliphatic carbocycles. The maximum atomic E-state index is 15.4. The molecular weight excluding hydrogens is 424 g/mol. The molecule has 0 amide bonds. The SMILES string of the molecule is CCC1(C)c2cc(F)cc(F)c2-c2c(C)nc(C)c[n+]2[C@@]1(CC)C1OC(=O)c2cccc[n+]21. The summed E-state index contributed by atoms with van der Waals surface area (Å²) in [4.78, 5) is 17.5. The highest BCUT2D eigenvalue weighted by molar-refractivity contribution is 5.86. The molecule has 2 aromatic heterocycles. The van der Waals surface area contributed by atoms with Gasteiger partial charge in [-0.3, -0.25) is 0 Å². The minimum absolute atomic E-state index is 0.359. The van der Waals surface area contributed by atoms with Gasteiger partial charge in [0, 0.05) is 24.6 Å². The van der Waals surface area contributed by atoms with Gasteiger partial charge in [-0.15, -0.1) is 4.57 Å². The van der Waals surface area contributed by atoms with Crippen molar-refractivity contribution in [3.63, 3.8) is 0 Å². The lowest BCUT2D eigenvalue weighted by atomic mass is 9.58. The number of pyridine rings is 1. The Balaban J connectivity index is 1.97. The van der Waals surface area contributed by atoms with Crippen LogP contribution in [0.5, 0.6) is 0 Å². The summed E-state index contributed by atoms with van der Waals surface area (Å²) >= 11 is 0. The smallest absolute Gasteiger partial charge is 0.388 e. The quantitative estimate of drug-likeness (QED) is 0.439. The Morgan fingerprint density at radius 3 is 2.61 bits per heavy atom. The molecule has 0 spiro atoms. The lowest BCUT2D eigenvalue weighted by molar-refractivity contribution is -0.868. The van der Waals surface area contributed by atoms with Gasteiger partial charge in [0.15, 0.2) is 12.4 Å². The van der Waals surface area contributed by atoms with Gasteiger partial charge in [-0.1, -0.05) is 13.8 Å². The third-order valence-electron chi connectivity index (χ3n) is 7.74. The van der Waals surface area contributed by atoms with E-state index in [4.69, 9.17) is 4.74 Å². The summed E-state index contributed by atoms with van der Waals surface area (Å²) in [6.07, 6.45) is 4.15. The maximum absolute atomic E-state index is 15.4. The first kappa shape index (κ1) is 21.6. The van der Waals surface area contributed by atoms with Gasteiger partial charge in [-0.2, -0.15) is 4.57 Å². The number of fused-ring (bicyclic) bond motifs is 4. The Labute approximate surface area is 191 Å². The molecule has 2 aliphatic rings. The Hall–Kier alpha value is -3.22. The number of aryl methyl sites for hydroxylation is 2. The molecule has 3 atom stereocenters. The topological polar surface area (TPSA) is 47.0 Å². The first-order chi connectivity index (χ1) is 15.7. The molecule has 0 radical (unpaired) electrons. The molecule has 1 aromatic carbocycles. The van der Waals surface area contributed by atoms with E-state index in [-0.39, 0.29) is 0 Å². The molecule has 170 valence electrons. The van der Waals surface area contributed by atoms with Crippen molar-refractivity contribution < 1.29 is 27.4 Å². The molecule has 0 N–H and O–H groups in total. The highest BCUT2D eigenvalue weighted by Gasteiger charge is 2.72. The van der Waals surface area contributed by atoms with E-state index in [9.17, 15) is 9.18 Å². The molecular formula is C26H27F2N3O2+2. The van der Waals surface area contributed by atoms with Crippen LogP contribution >= 0.6 is 0 Å². The minimum atomic E-state index is -0.865. The first-order valence-corrected chi connectivity index (χ1v) is 11.3. The van der Waals surface area contributed by atoms with Gasteiger partial charge in [0.05, 0.1) is 11.0 Å². The Bertz CT molecular complexity index is 1330. The van der Waals surface area contributed by atoms with Crippen LogP contribution in [0.4, 0.5) is 8.78 Å². The first-order valence-electron chi connectivity index (χ1n) is 11.3. The third kappa shape index (κ3) is 2.62. The van der Waals surface area contributed by atoms with Gasteiger partial charge in [0.2, 0.25) is 5.69 Å². The highest BCUT2D eigenvalue weighted by Crippen LogP contribution is 2.55. The second-order valence-corrected chi connectivity index (χ2v) is 9.21. The second-order valence-electron chi connectivity index (χ2n) is 9.21. The van der Waals surface area contributed by atoms with Gasteiger partial charge in [0.25, 0.3) is 11.2 Å². The molecule has 3 aromatic rings. The van der Waals surface area contributed by atoms with Crippen LogP contribution in [0.15, 0.2) is 42.7 Å². The molecule has 0 bridgehead atoms. The van der Waals surface area contributed by atoms with Crippen molar-refractivity contribution in [3.05, 3.63) is 77.0 Å². The van der Waals surface area contributed by atoms with Crippen molar-refractivity contribution in [2.75, 3.05) is 0 Å². The van der Waals surface area contributed by atoms with Crippen LogP contribution < -0.4 is 9.13 Å². The molecule has 0 fully saturated rings. The van der Waals surface area contributed by atoms with Crippen LogP contribution in [0.3, 0.4) is 0 Å². The van der Waals surface area contributed by atoms with Crippen LogP contribution in [0.2, 0.25) is 0 Å². The average molecular weight is 452 g/mol. The monoisotopic (exact) mass is 451 g/mol. The summed E-state index contributed by atoms with van der Waals surface area (Å²) in [5, 5.41) is 0. The van der Waals surface area contributed by atoms with Gasteiger partial charge in [0.1, 0.15) is 23.0 Å². The number of hydrogen-bond donors (Lipinski definition) is 0. The summed E-state index contributed by atoms with van der Waals surface area (Å²) in [6, 6.07) is 7.75. The van der Waals surface area contributed by atoms with Crippen molar-refractivity contribution in [2.45, 2.75) is 64.6 Å². The van der Waals surface area contributed by atoms with Crippen molar-refractivity contribution in [2.24, 2.45) is 0 Å². The van der Waals surface area contributed by atoms with E-state index in [1.165, 1.54) is 6.07 Å². The van der Waals surface area contributed by atoms with E-state index in [1.54, 1.807) is 12.1 Å². The number of rotatable bonds is 3. The lowest BCUT2D eigenvalue weighted by Gasteiger charge is -2.47. The molecule has 7 heteroatoms. The van der Waals surface area contributed by atoms with Crippen LogP contribution in [0.1, 0.15) is 67.3 Å². The molecule has 0 saturated heterocycles. The van der Waals surface area contributed by atoms with E-state index >= 15 is 4.39 Å².